The second-order valence-corrected chi connectivity index (χ2v) is 9.76. The molecule has 0 spiro atoms. The maximum Gasteiger partial charge on any atom is 0.258 e. The van der Waals surface area contributed by atoms with E-state index in [9.17, 15) is 4.79 Å². The molecule has 1 aromatic rings. The van der Waals surface area contributed by atoms with E-state index in [0.29, 0.717) is 6.04 Å². The van der Waals surface area contributed by atoms with Gasteiger partial charge in [0.05, 0.1) is 0 Å². The van der Waals surface area contributed by atoms with Gasteiger partial charge in [-0.15, -0.1) is 0 Å². The van der Waals surface area contributed by atoms with E-state index in [0.717, 1.165) is 24.2 Å². The van der Waals surface area contributed by atoms with E-state index in [1.165, 1.54) is 31.2 Å². The van der Waals surface area contributed by atoms with Crippen LogP contribution < -0.4 is 10.1 Å². The minimum absolute atomic E-state index is 0.00310. The topological polar surface area (TPSA) is 38.3 Å². The van der Waals surface area contributed by atoms with Crippen LogP contribution >= 0.6 is 0 Å². The van der Waals surface area contributed by atoms with Crippen molar-refractivity contribution in [1.29, 1.82) is 0 Å². The average molecular weight is 360 g/mol. The van der Waals surface area contributed by atoms with Gasteiger partial charge in [0.2, 0.25) is 0 Å². The second-order valence-electron chi connectivity index (χ2n) is 9.76. The van der Waals surface area contributed by atoms with Crippen molar-refractivity contribution in [2.75, 3.05) is 6.61 Å². The van der Waals surface area contributed by atoms with Crippen LogP contribution in [0.2, 0.25) is 0 Å². The first kappa shape index (κ1) is 20.8. The minimum atomic E-state index is -0.0334. The van der Waals surface area contributed by atoms with Gasteiger partial charge in [0, 0.05) is 6.04 Å². The number of rotatable bonds is 4. The number of ether oxygens (including phenoxy) is 1. The normalized spacial score (nSPS) is 16.8. The Hall–Kier alpha value is -1.51. The molecular formula is C23H37NO2. The molecule has 0 atom stereocenters. The van der Waals surface area contributed by atoms with Crippen LogP contribution in [-0.4, -0.2) is 18.6 Å². The van der Waals surface area contributed by atoms with E-state index < -0.39 is 0 Å². The van der Waals surface area contributed by atoms with Crippen LogP contribution in [0.15, 0.2) is 18.2 Å². The molecule has 0 radical (unpaired) electrons. The molecule has 0 saturated heterocycles. The molecule has 1 aliphatic carbocycles. The summed E-state index contributed by atoms with van der Waals surface area (Å²) in [5.74, 6) is 0.818. The van der Waals surface area contributed by atoms with Gasteiger partial charge in [-0.25, -0.2) is 0 Å². The highest BCUT2D eigenvalue weighted by Crippen LogP contribution is 2.35. The predicted molar refractivity (Wildman–Crippen MR) is 109 cm³/mol. The molecule has 26 heavy (non-hydrogen) atoms. The molecule has 3 nitrogen and oxygen atoms in total. The molecule has 0 heterocycles. The smallest absolute Gasteiger partial charge is 0.258 e. The van der Waals surface area contributed by atoms with Crippen LogP contribution in [0.1, 0.15) is 91.2 Å². The Balaban J connectivity index is 2.04. The molecule has 1 fully saturated rings. The SMILES string of the molecule is CC(C)(C)c1ccc(OCC(=O)NC2CCCCCC2)c(C(C)(C)C)c1. The van der Waals surface area contributed by atoms with Crippen LogP contribution in [0.4, 0.5) is 0 Å². The maximum absolute atomic E-state index is 12.3. The largest absolute Gasteiger partial charge is 0.483 e. The molecular weight excluding hydrogens is 322 g/mol. The Morgan fingerprint density at radius 1 is 1.00 bits per heavy atom. The molecule has 0 aromatic heterocycles. The molecule has 1 aromatic carbocycles. The van der Waals surface area contributed by atoms with Crippen molar-refractivity contribution in [1.82, 2.24) is 5.32 Å². The lowest BCUT2D eigenvalue weighted by molar-refractivity contribution is -0.123. The van der Waals surface area contributed by atoms with Crippen LogP contribution in [0.5, 0.6) is 5.75 Å². The number of carbonyl (C=O) groups excluding carboxylic acids is 1. The van der Waals surface area contributed by atoms with Crippen molar-refractivity contribution >= 4 is 5.91 Å². The van der Waals surface area contributed by atoms with Gasteiger partial charge in [-0.1, -0.05) is 79.4 Å². The zero-order valence-corrected chi connectivity index (χ0v) is 17.6. The lowest BCUT2D eigenvalue weighted by atomic mass is 9.80. The molecule has 0 aliphatic heterocycles. The highest BCUT2D eigenvalue weighted by molar-refractivity contribution is 5.77. The van der Waals surface area contributed by atoms with E-state index in [1.807, 2.05) is 6.07 Å². The van der Waals surface area contributed by atoms with Crippen molar-refractivity contribution < 1.29 is 9.53 Å². The monoisotopic (exact) mass is 359 g/mol. The van der Waals surface area contributed by atoms with Gasteiger partial charge in [0.1, 0.15) is 5.75 Å². The second kappa shape index (κ2) is 8.45. The van der Waals surface area contributed by atoms with Gasteiger partial charge >= 0.3 is 0 Å². The van der Waals surface area contributed by atoms with E-state index >= 15 is 0 Å². The summed E-state index contributed by atoms with van der Waals surface area (Å²) in [6.45, 7) is 13.3. The molecule has 1 N–H and O–H groups in total. The summed E-state index contributed by atoms with van der Waals surface area (Å²) in [7, 11) is 0. The van der Waals surface area contributed by atoms with Crippen molar-refractivity contribution in [3.8, 4) is 5.75 Å². The molecule has 0 bridgehead atoms. The predicted octanol–water partition coefficient (Wildman–Crippen LogP) is 5.50. The number of nitrogens with one attached hydrogen (secondary N) is 1. The highest BCUT2D eigenvalue weighted by atomic mass is 16.5. The third-order valence-corrected chi connectivity index (χ3v) is 5.23. The Kier molecular flexibility index (Phi) is 6.76. The summed E-state index contributed by atoms with van der Waals surface area (Å²) >= 11 is 0. The fourth-order valence-corrected chi connectivity index (χ4v) is 3.54. The summed E-state index contributed by atoms with van der Waals surface area (Å²) in [6, 6.07) is 6.70. The maximum atomic E-state index is 12.3. The minimum Gasteiger partial charge on any atom is -0.483 e. The van der Waals surface area contributed by atoms with E-state index in [-0.39, 0.29) is 23.3 Å². The zero-order chi connectivity index (χ0) is 19.4. The number of hydrogen-bond donors (Lipinski definition) is 1. The van der Waals surface area contributed by atoms with E-state index in [4.69, 9.17) is 4.74 Å². The molecule has 146 valence electrons. The molecule has 1 amide bonds. The number of hydrogen-bond acceptors (Lipinski definition) is 2. The molecule has 0 unspecified atom stereocenters. The van der Waals surface area contributed by atoms with Gasteiger partial charge < -0.3 is 10.1 Å². The van der Waals surface area contributed by atoms with Gasteiger partial charge in [-0.2, -0.15) is 0 Å². The van der Waals surface area contributed by atoms with Crippen molar-refractivity contribution in [3.63, 3.8) is 0 Å². The van der Waals surface area contributed by atoms with E-state index in [1.54, 1.807) is 0 Å². The third kappa shape index (κ3) is 6.03. The molecule has 3 heteroatoms. The van der Waals surface area contributed by atoms with E-state index in [2.05, 4.69) is 59.0 Å². The first-order chi connectivity index (χ1) is 12.1. The quantitative estimate of drug-likeness (QED) is 0.721. The number of amides is 1. The van der Waals surface area contributed by atoms with Gasteiger partial charge in [0.25, 0.3) is 5.91 Å². The van der Waals surface area contributed by atoms with Crippen LogP contribution in [0.25, 0.3) is 0 Å². The first-order valence-electron chi connectivity index (χ1n) is 10.1. The summed E-state index contributed by atoms with van der Waals surface area (Å²) in [6.07, 6.45) is 7.21. The summed E-state index contributed by atoms with van der Waals surface area (Å²) in [5, 5.41) is 3.16. The summed E-state index contributed by atoms with van der Waals surface area (Å²) in [4.78, 5) is 12.3. The Morgan fingerprint density at radius 3 is 2.15 bits per heavy atom. The summed E-state index contributed by atoms with van der Waals surface area (Å²) in [5.41, 5.74) is 2.51. The Labute approximate surface area is 159 Å². The highest BCUT2D eigenvalue weighted by Gasteiger charge is 2.23. The molecule has 2 rings (SSSR count). The fraction of sp³-hybridized carbons (Fsp3) is 0.696. The van der Waals surface area contributed by atoms with Crippen molar-refractivity contribution in [2.24, 2.45) is 0 Å². The summed E-state index contributed by atoms with van der Waals surface area (Å²) < 4.78 is 5.95. The lowest BCUT2D eigenvalue weighted by Gasteiger charge is -2.27. The van der Waals surface area contributed by atoms with Crippen LogP contribution in [0, 0.1) is 0 Å². The number of carbonyl (C=O) groups is 1. The number of benzene rings is 1. The van der Waals surface area contributed by atoms with Gasteiger partial charge in [-0.3, -0.25) is 4.79 Å². The standard InChI is InChI=1S/C23H37NO2/c1-22(2,3)17-13-14-20(19(15-17)23(4,5)6)26-16-21(25)24-18-11-9-7-8-10-12-18/h13-15,18H,7-12,16H2,1-6H3,(H,24,25). The fourth-order valence-electron chi connectivity index (χ4n) is 3.54. The molecule has 1 saturated carbocycles. The van der Waals surface area contributed by atoms with Crippen LogP contribution in [-0.2, 0) is 15.6 Å². The lowest BCUT2D eigenvalue weighted by Crippen LogP contribution is -2.37. The van der Waals surface area contributed by atoms with Gasteiger partial charge in [0.15, 0.2) is 6.61 Å². The average Bonchev–Trinajstić information content (AvgIpc) is 2.79. The van der Waals surface area contributed by atoms with Crippen LogP contribution in [0.3, 0.4) is 0 Å². The van der Waals surface area contributed by atoms with Crippen molar-refractivity contribution in [3.05, 3.63) is 29.3 Å². The molecule has 1 aliphatic rings. The zero-order valence-electron chi connectivity index (χ0n) is 17.6. The van der Waals surface area contributed by atoms with Gasteiger partial charge in [-0.05, 0) is 40.9 Å². The third-order valence-electron chi connectivity index (χ3n) is 5.23. The first-order valence-corrected chi connectivity index (χ1v) is 10.1. The Bertz CT molecular complexity index is 600. The Morgan fingerprint density at radius 2 is 1.62 bits per heavy atom. The van der Waals surface area contributed by atoms with Crippen molar-refractivity contribution in [2.45, 2.75) is 96.9 Å².